The quantitative estimate of drug-likeness (QED) is 0.593. The molecule has 0 aliphatic heterocycles. The second-order valence-corrected chi connectivity index (χ2v) is 3.16. The smallest absolute Gasteiger partial charge is 0.221 e. The third-order valence-corrected chi connectivity index (χ3v) is 1.58. The van der Waals surface area contributed by atoms with E-state index in [1.807, 2.05) is 0 Å². The summed E-state index contributed by atoms with van der Waals surface area (Å²) >= 11 is 0. The molecule has 0 fully saturated rings. The van der Waals surface area contributed by atoms with Gasteiger partial charge >= 0.3 is 0 Å². The number of amides is 1. The van der Waals surface area contributed by atoms with Crippen molar-refractivity contribution in [2.45, 2.75) is 19.4 Å². The molecular formula is C9H11NO3. The molecule has 1 rings (SSSR count). The summed E-state index contributed by atoms with van der Waals surface area (Å²) in [5.41, 5.74) is -1.04. The average Bonchev–Trinajstić information content (AvgIpc) is 1.95. The molecule has 1 aliphatic rings. The molecule has 1 aliphatic carbocycles. The van der Waals surface area contributed by atoms with E-state index >= 15 is 0 Å². The Labute approximate surface area is 75.9 Å². The van der Waals surface area contributed by atoms with E-state index in [1.54, 1.807) is 0 Å². The molecule has 2 N–H and O–H groups in total. The maximum Gasteiger partial charge on any atom is 0.221 e. The van der Waals surface area contributed by atoms with Crippen molar-refractivity contribution in [3.05, 3.63) is 23.9 Å². The first kappa shape index (κ1) is 9.67. The van der Waals surface area contributed by atoms with Crippen LogP contribution in [0.2, 0.25) is 0 Å². The van der Waals surface area contributed by atoms with Crippen molar-refractivity contribution in [3.63, 3.8) is 0 Å². The van der Waals surface area contributed by atoms with Gasteiger partial charge in [-0.3, -0.25) is 9.59 Å². The molecule has 13 heavy (non-hydrogen) atoms. The van der Waals surface area contributed by atoms with Gasteiger partial charge in [-0.15, -0.1) is 0 Å². The minimum atomic E-state index is -1.16. The van der Waals surface area contributed by atoms with Gasteiger partial charge in [-0.1, -0.05) is 0 Å². The highest BCUT2D eigenvalue weighted by Gasteiger charge is 2.22. The van der Waals surface area contributed by atoms with E-state index in [4.69, 9.17) is 0 Å². The lowest BCUT2D eigenvalue weighted by atomic mass is 9.98. The maximum atomic E-state index is 11.1. The summed E-state index contributed by atoms with van der Waals surface area (Å²) in [6.45, 7) is 2.83. The summed E-state index contributed by atoms with van der Waals surface area (Å²) in [6, 6.07) is 0. The normalized spacial score (nSPS) is 27.0. The van der Waals surface area contributed by atoms with E-state index in [0.717, 1.165) is 0 Å². The second kappa shape index (κ2) is 3.14. The molecule has 0 aromatic heterocycles. The molecule has 0 aromatic carbocycles. The molecule has 1 atom stereocenters. The van der Waals surface area contributed by atoms with Crippen molar-refractivity contribution in [2.24, 2.45) is 0 Å². The number of carbonyl (C=O) groups is 2. The molecule has 0 heterocycles. The summed E-state index contributed by atoms with van der Waals surface area (Å²) in [5, 5.41) is 11.9. The Balaban J connectivity index is 2.88. The predicted molar refractivity (Wildman–Crippen MR) is 46.7 cm³/mol. The zero-order valence-electron chi connectivity index (χ0n) is 7.50. The first-order chi connectivity index (χ1) is 5.91. The molecule has 1 amide bonds. The van der Waals surface area contributed by atoms with Crippen LogP contribution in [0.25, 0.3) is 0 Å². The van der Waals surface area contributed by atoms with Gasteiger partial charge in [0.1, 0.15) is 5.60 Å². The molecule has 0 saturated carbocycles. The van der Waals surface area contributed by atoms with Crippen LogP contribution >= 0.6 is 0 Å². The van der Waals surface area contributed by atoms with E-state index < -0.39 is 5.60 Å². The minimum Gasteiger partial charge on any atom is -0.382 e. The van der Waals surface area contributed by atoms with Crippen LogP contribution in [0.3, 0.4) is 0 Å². The van der Waals surface area contributed by atoms with E-state index in [1.165, 1.54) is 32.1 Å². The van der Waals surface area contributed by atoms with Crippen LogP contribution in [0.1, 0.15) is 13.8 Å². The number of allylic oxidation sites excluding steroid dienone is 1. The molecule has 0 spiro atoms. The van der Waals surface area contributed by atoms with Crippen molar-refractivity contribution in [1.82, 2.24) is 5.32 Å². The first-order valence-corrected chi connectivity index (χ1v) is 3.87. The van der Waals surface area contributed by atoms with Crippen LogP contribution in [0.15, 0.2) is 23.9 Å². The predicted octanol–water partition coefficient (Wildman–Crippen LogP) is -0.104. The van der Waals surface area contributed by atoms with Crippen LogP contribution in [0.5, 0.6) is 0 Å². The van der Waals surface area contributed by atoms with Gasteiger partial charge in [-0.2, -0.15) is 0 Å². The fraction of sp³-hybridized carbons (Fsp3) is 0.333. The lowest BCUT2D eigenvalue weighted by Gasteiger charge is -2.19. The summed E-state index contributed by atoms with van der Waals surface area (Å²) in [4.78, 5) is 21.8. The summed E-state index contributed by atoms with van der Waals surface area (Å²) < 4.78 is 0. The average molecular weight is 181 g/mol. The Kier molecular flexibility index (Phi) is 2.34. The number of carbonyl (C=O) groups excluding carboxylic acids is 2. The largest absolute Gasteiger partial charge is 0.382 e. The van der Waals surface area contributed by atoms with Gasteiger partial charge in [0.2, 0.25) is 11.7 Å². The van der Waals surface area contributed by atoms with Gasteiger partial charge in [0.25, 0.3) is 0 Å². The molecular weight excluding hydrogens is 170 g/mol. The maximum absolute atomic E-state index is 11.1. The van der Waals surface area contributed by atoms with Gasteiger partial charge in [0.05, 0.1) is 5.70 Å². The lowest BCUT2D eigenvalue weighted by Crippen LogP contribution is -2.31. The van der Waals surface area contributed by atoms with Gasteiger partial charge in [0.15, 0.2) is 0 Å². The summed E-state index contributed by atoms with van der Waals surface area (Å²) in [7, 11) is 0. The highest BCUT2D eigenvalue weighted by atomic mass is 16.3. The van der Waals surface area contributed by atoms with Gasteiger partial charge < -0.3 is 10.4 Å². The van der Waals surface area contributed by atoms with Crippen molar-refractivity contribution >= 4 is 11.7 Å². The van der Waals surface area contributed by atoms with Crippen LogP contribution in [0, 0.1) is 0 Å². The molecule has 0 saturated heterocycles. The van der Waals surface area contributed by atoms with Crippen molar-refractivity contribution in [2.75, 3.05) is 0 Å². The zero-order chi connectivity index (χ0) is 10.1. The zero-order valence-corrected chi connectivity index (χ0v) is 7.50. The Bertz CT molecular complexity index is 313. The molecule has 70 valence electrons. The van der Waals surface area contributed by atoms with Gasteiger partial charge in [0, 0.05) is 6.92 Å². The molecule has 4 heteroatoms. The fourth-order valence-corrected chi connectivity index (χ4v) is 1.03. The first-order valence-electron chi connectivity index (χ1n) is 3.87. The minimum absolute atomic E-state index is 0.125. The Morgan fingerprint density at radius 1 is 1.62 bits per heavy atom. The molecule has 0 unspecified atom stereocenters. The topological polar surface area (TPSA) is 66.4 Å². The number of hydrogen-bond acceptors (Lipinski definition) is 3. The monoisotopic (exact) mass is 181 g/mol. The molecule has 0 bridgehead atoms. The third kappa shape index (κ3) is 2.52. The number of rotatable bonds is 1. The Morgan fingerprint density at radius 3 is 2.77 bits per heavy atom. The van der Waals surface area contributed by atoms with Gasteiger partial charge in [-0.25, -0.2) is 0 Å². The second-order valence-electron chi connectivity index (χ2n) is 3.16. The van der Waals surface area contributed by atoms with Crippen molar-refractivity contribution in [1.29, 1.82) is 0 Å². The number of nitrogens with one attached hydrogen (secondary N) is 1. The molecule has 4 nitrogen and oxygen atoms in total. The van der Waals surface area contributed by atoms with Gasteiger partial charge in [-0.05, 0) is 25.2 Å². The Hall–Kier alpha value is -1.42. The SMILES string of the molecule is CC(=O)NC1=C[C@@](C)(O)C=CC1=O. The lowest BCUT2D eigenvalue weighted by molar-refractivity contribution is -0.120. The van der Waals surface area contributed by atoms with E-state index in [9.17, 15) is 14.7 Å². The van der Waals surface area contributed by atoms with Crippen LogP contribution in [-0.2, 0) is 9.59 Å². The molecule has 0 aromatic rings. The standard InChI is InChI=1S/C9H11NO3/c1-6(11)10-7-5-9(2,13)4-3-8(7)12/h3-5,13H,1-2H3,(H,10,11)/t9-/m0/s1. The summed E-state index contributed by atoms with van der Waals surface area (Å²) in [6.07, 6.45) is 3.93. The van der Waals surface area contributed by atoms with E-state index in [2.05, 4.69) is 5.32 Å². The van der Waals surface area contributed by atoms with E-state index in [-0.39, 0.29) is 17.4 Å². The fourth-order valence-electron chi connectivity index (χ4n) is 1.03. The molecule has 0 radical (unpaired) electrons. The summed E-state index contributed by atoms with van der Waals surface area (Å²) in [5.74, 6) is -0.632. The van der Waals surface area contributed by atoms with Crippen LogP contribution in [0.4, 0.5) is 0 Å². The number of ketones is 1. The Morgan fingerprint density at radius 2 is 2.23 bits per heavy atom. The number of aliphatic hydroxyl groups is 1. The number of hydrogen-bond donors (Lipinski definition) is 2. The van der Waals surface area contributed by atoms with Crippen LogP contribution < -0.4 is 5.32 Å². The highest BCUT2D eigenvalue weighted by molar-refractivity contribution is 6.07. The highest BCUT2D eigenvalue weighted by Crippen LogP contribution is 2.15. The van der Waals surface area contributed by atoms with Crippen molar-refractivity contribution in [3.8, 4) is 0 Å². The third-order valence-electron chi connectivity index (χ3n) is 1.58. The van der Waals surface area contributed by atoms with E-state index in [0.29, 0.717) is 0 Å². The van der Waals surface area contributed by atoms with Crippen molar-refractivity contribution < 1.29 is 14.7 Å². The van der Waals surface area contributed by atoms with Crippen LogP contribution in [-0.4, -0.2) is 22.4 Å².